The third-order valence-electron chi connectivity index (χ3n) is 5.83. The van der Waals surface area contributed by atoms with Gasteiger partial charge in [-0.05, 0) is 55.2 Å². The maximum atomic E-state index is 13.1. The molecule has 0 bridgehead atoms. The summed E-state index contributed by atoms with van der Waals surface area (Å²) in [5.74, 6) is -0.208. The van der Waals surface area contributed by atoms with Gasteiger partial charge in [0.25, 0.3) is 0 Å². The standard InChI is InChI=1S/C23H25FN4O3/c1-16-10-12-26(13-11-16)21(29)14-27-19-4-2-3-5-20(19)28(15-22(27)30)23(31)25-18-8-6-17(24)7-9-18/h2-9,16H,10-15H2,1H3,(H,25,31). The first-order valence-electron chi connectivity index (χ1n) is 10.4. The Kier molecular flexibility index (Phi) is 5.88. The van der Waals surface area contributed by atoms with Crippen molar-refractivity contribution in [2.75, 3.05) is 41.3 Å². The minimum atomic E-state index is -0.497. The minimum absolute atomic E-state index is 0.0440. The number of rotatable bonds is 3. The minimum Gasteiger partial charge on any atom is -0.341 e. The number of hydrogen-bond donors (Lipinski definition) is 1. The number of hydrogen-bond acceptors (Lipinski definition) is 3. The summed E-state index contributed by atoms with van der Waals surface area (Å²) in [5.41, 5.74) is 1.49. The van der Waals surface area contributed by atoms with Crippen LogP contribution >= 0.6 is 0 Å². The Labute approximate surface area is 180 Å². The molecule has 162 valence electrons. The van der Waals surface area contributed by atoms with E-state index in [4.69, 9.17) is 0 Å². The van der Waals surface area contributed by atoms with Gasteiger partial charge in [-0.3, -0.25) is 19.4 Å². The van der Waals surface area contributed by atoms with Gasteiger partial charge in [-0.25, -0.2) is 9.18 Å². The third kappa shape index (κ3) is 4.52. The Morgan fingerprint density at radius 2 is 1.68 bits per heavy atom. The zero-order valence-corrected chi connectivity index (χ0v) is 17.4. The van der Waals surface area contributed by atoms with Crippen molar-refractivity contribution in [3.63, 3.8) is 0 Å². The number of carbonyl (C=O) groups excluding carboxylic acids is 3. The van der Waals surface area contributed by atoms with Crippen LogP contribution in [-0.2, 0) is 9.59 Å². The van der Waals surface area contributed by atoms with E-state index in [0.29, 0.717) is 36.1 Å². The van der Waals surface area contributed by atoms with Crippen LogP contribution in [0.2, 0.25) is 0 Å². The van der Waals surface area contributed by atoms with Crippen molar-refractivity contribution in [3.8, 4) is 0 Å². The number of carbonyl (C=O) groups is 3. The molecule has 31 heavy (non-hydrogen) atoms. The molecule has 0 unspecified atom stereocenters. The van der Waals surface area contributed by atoms with Gasteiger partial charge in [-0.1, -0.05) is 19.1 Å². The molecule has 4 amide bonds. The molecule has 1 saturated heterocycles. The van der Waals surface area contributed by atoms with E-state index in [1.807, 2.05) is 4.90 Å². The molecule has 0 aliphatic carbocycles. The van der Waals surface area contributed by atoms with Gasteiger partial charge >= 0.3 is 6.03 Å². The Bertz CT molecular complexity index is 987. The molecule has 4 rings (SSSR count). The van der Waals surface area contributed by atoms with Crippen LogP contribution in [0.4, 0.5) is 26.2 Å². The average Bonchev–Trinajstić information content (AvgIpc) is 2.77. The molecular weight excluding hydrogens is 399 g/mol. The highest BCUT2D eigenvalue weighted by Gasteiger charge is 2.34. The highest BCUT2D eigenvalue weighted by atomic mass is 19.1. The Morgan fingerprint density at radius 1 is 1.03 bits per heavy atom. The molecule has 8 heteroatoms. The van der Waals surface area contributed by atoms with Gasteiger partial charge in [0.2, 0.25) is 11.8 Å². The van der Waals surface area contributed by atoms with Crippen molar-refractivity contribution < 1.29 is 18.8 Å². The van der Waals surface area contributed by atoms with Crippen LogP contribution in [0.25, 0.3) is 0 Å². The lowest BCUT2D eigenvalue weighted by atomic mass is 9.99. The summed E-state index contributed by atoms with van der Waals surface area (Å²) >= 11 is 0. The molecule has 2 aliphatic heterocycles. The first-order valence-corrected chi connectivity index (χ1v) is 10.4. The normalized spacial score (nSPS) is 16.8. The SMILES string of the molecule is CC1CCN(C(=O)CN2C(=O)CN(C(=O)Nc3ccc(F)cc3)c3ccccc32)CC1. The summed E-state index contributed by atoms with van der Waals surface area (Å²) in [4.78, 5) is 43.2. The monoisotopic (exact) mass is 424 g/mol. The molecule has 1 fully saturated rings. The molecule has 0 saturated carbocycles. The molecule has 0 radical (unpaired) electrons. The van der Waals surface area contributed by atoms with E-state index in [2.05, 4.69) is 12.2 Å². The van der Waals surface area contributed by atoms with Crippen LogP contribution in [0.3, 0.4) is 0 Å². The van der Waals surface area contributed by atoms with Crippen molar-refractivity contribution >= 4 is 34.9 Å². The predicted octanol–water partition coefficient (Wildman–Crippen LogP) is 3.47. The van der Waals surface area contributed by atoms with Crippen molar-refractivity contribution in [1.82, 2.24) is 4.90 Å². The number of halogens is 1. The van der Waals surface area contributed by atoms with Crippen LogP contribution in [0.5, 0.6) is 0 Å². The number of piperidine rings is 1. The van der Waals surface area contributed by atoms with Crippen LogP contribution in [0.1, 0.15) is 19.8 Å². The van der Waals surface area contributed by atoms with E-state index >= 15 is 0 Å². The fourth-order valence-corrected chi connectivity index (χ4v) is 3.93. The first-order chi connectivity index (χ1) is 14.9. The van der Waals surface area contributed by atoms with Gasteiger partial charge in [0.15, 0.2) is 0 Å². The van der Waals surface area contributed by atoms with Gasteiger partial charge in [-0.15, -0.1) is 0 Å². The molecule has 0 spiro atoms. The molecule has 0 aromatic heterocycles. The lowest BCUT2D eigenvalue weighted by molar-refractivity contribution is -0.132. The number of anilines is 3. The van der Waals surface area contributed by atoms with Crippen LogP contribution in [0.15, 0.2) is 48.5 Å². The second-order valence-electron chi connectivity index (χ2n) is 8.06. The summed E-state index contributed by atoms with van der Waals surface area (Å²) in [6.07, 6.45) is 1.93. The Hall–Kier alpha value is -3.42. The van der Waals surface area contributed by atoms with Gasteiger partial charge in [-0.2, -0.15) is 0 Å². The van der Waals surface area contributed by atoms with E-state index in [1.54, 1.807) is 24.3 Å². The molecular formula is C23H25FN4O3. The van der Waals surface area contributed by atoms with E-state index in [9.17, 15) is 18.8 Å². The first kappa shape index (κ1) is 20.8. The van der Waals surface area contributed by atoms with Crippen LogP contribution in [-0.4, -0.2) is 48.9 Å². The van der Waals surface area contributed by atoms with E-state index < -0.39 is 11.8 Å². The molecule has 0 atom stereocenters. The highest BCUT2D eigenvalue weighted by molar-refractivity contribution is 6.15. The fraction of sp³-hybridized carbons (Fsp3) is 0.348. The van der Waals surface area contributed by atoms with E-state index in [1.165, 1.54) is 34.1 Å². The maximum Gasteiger partial charge on any atom is 0.326 e. The summed E-state index contributed by atoms with van der Waals surface area (Å²) < 4.78 is 13.1. The number of nitrogens with zero attached hydrogens (tertiary/aromatic N) is 3. The quantitative estimate of drug-likeness (QED) is 0.820. The van der Waals surface area contributed by atoms with Crippen molar-refractivity contribution in [2.24, 2.45) is 5.92 Å². The summed E-state index contributed by atoms with van der Waals surface area (Å²) in [7, 11) is 0. The number of fused-ring (bicyclic) bond motifs is 1. The maximum absolute atomic E-state index is 13.1. The van der Waals surface area contributed by atoms with E-state index in [0.717, 1.165) is 12.8 Å². The molecule has 7 nitrogen and oxygen atoms in total. The second-order valence-corrected chi connectivity index (χ2v) is 8.06. The Morgan fingerprint density at radius 3 is 2.35 bits per heavy atom. The highest BCUT2D eigenvalue weighted by Crippen LogP contribution is 2.34. The summed E-state index contributed by atoms with van der Waals surface area (Å²) in [6, 6.07) is 11.9. The number of para-hydroxylation sites is 2. The zero-order valence-electron chi connectivity index (χ0n) is 17.4. The van der Waals surface area contributed by atoms with Gasteiger partial charge in [0.05, 0.1) is 11.4 Å². The molecule has 1 N–H and O–H groups in total. The molecule has 2 aromatic rings. The number of nitrogens with one attached hydrogen (secondary N) is 1. The predicted molar refractivity (Wildman–Crippen MR) is 117 cm³/mol. The van der Waals surface area contributed by atoms with Crippen molar-refractivity contribution in [3.05, 3.63) is 54.3 Å². The third-order valence-corrected chi connectivity index (χ3v) is 5.83. The summed E-state index contributed by atoms with van der Waals surface area (Å²) in [5, 5.41) is 2.69. The second kappa shape index (κ2) is 8.75. The largest absolute Gasteiger partial charge is 0.341 e. The van der Waals surface area contributed by atoms with Gasteiger partial charge in [0, 0.05) is 18.8 Å². The van der Waals surface area contributed by atoms with Crippen molar-refractivity contribution in [2.45, 2.75) is 19.8 Å². The van der Waals surface area contributed by atoms with Crippen LogP contribution < -0.4 is 15.1 Å². The number of amides is 4. The van der Waals surface area contributed by atoms with Gasteiger partial charge in [0.1, 0.15) is 18.9 Å². The van der Waals surface area contributed by atoms with E-state index in [-0.39, 0.29) is 24.9 Å². The average molecular weight is 424 g/mol. The number of urea groups is 1. The zero-order chi connectivity index (χ0) is 22.0. The molecule has 2 aromatic carbocycles. The lowest BCUT2D eigenvalue weighted by Crippen LogP contribution is -2.53. The van der Waals surface area contributed by atoms with Gasteiger partial charge < -0.3 is 10.2 Å². The Balaban J connectivity index is 1.52. The number of benzene rings is 2. The topological polar surface area (TPSA) is 73.0 Å². The molecule has 2 aliphatic rings. The summed E-state index contributed by atoms with van der Waals surface area (Å²) in [6.45, 7) is 3.36. The number of likely N-dealkylation sites (tertiary alicyclic amines) is 1. The molecule has 2 heterocycles. The fourth-order valence-electron chi connectivity index (χ4n) is 3.93. The smallest absolute Gasteiger partial charge is 0.326 e. The van der Waals surface area contributed by atoms with Crippen molar-refractivity contribution in [1.29, 1.82) is 0 Å². The van der Waals surface area contributed by atoms with Crippen LogP contribution in [0, 0.1) is 11.7 Å². The lowest BCUT2D eigenvalue weighted by Gasteiger charge is -2.37.